The summed E-state index contributed by atoms with van der Waals surface area (Å²) in [4.78, 5) is 5.67. The number of anilines is 1. The van der Waals surface area contributed by atoms with Crippen molar-refractivity contribution in [3.63, 3.8) is 0 Å². The Morgan fingerprint density at radius 3 is 2.95 bits per heavy atom. The van der Waals surface area contributed by atoms with Crippen LogP contribution in [-0.2, 0) is 5.75 Å². The molecule has 2 aromatic rings. The van der Waals surface area contributed by atoms with Gasteiger partial charge in [0.2, 0.25) is 0 Å². The SMILES string of the molecule is CCCNc1ccnc(CSc2cccc(Br)c2)c1. The summed E-state index contributed by atoms with van der Waals surface area (Å²) in [6, 6.07) is 12.5. The second-order valence-corrected chi connectivity index (χ2v) is 6.17. The molecule has 2 nitrogen and oxygen atoms in total. The minimum atomic E-state index is 0.887. The van der Waals surface area contributed by atoms with Gasteiger partial charge in [0.05, 0.1) is 5.69 Å². The molecule has 0 saturated heterocycles. The monoisotopic (exact) mass is 336 g/mol. The molecule has 0 amide bonds. The first kappa shape index (κ1) is 14.4. The zero-order valence-electron chi connectivity index (χ0n) is 10.9. The normalized spacial score (nSPS) is 10.4. The maximum Gasteiger partial charge on any atom is 0.0526 e. The maximum absolute atomic E-state index is 4.41. The Balaban J connectivity index is 1.95. The second-order valence-electron chi connectivity index (χ2n) is 4.21. The van der Waals surface area contributed by atoms with Crippen molar-refractivity contribution in [2.45, 2.75) is 24.0 Å². The van der Waals surface area contributed by atoms with Crippen molar-refractivity contribution < 1.29 is 0 Å². The first-order valence-electron chi connectivity index (χ1n) is 6.35. The molecule has 0 spiro atoms. The fraction of sp³-hybridized carbons (Fsp3) is 0.267. The molecule has 1 N–H and O–H groups in total. The molecule has 100 valence electrons. The largest absolute Gasteiger partial charge is 0.385 e. The molecule has 1 aromatic carbocycles. The van der Waals surface area contributed by atoms with Crippen molar-refractivity contribution in [2.24, 2.45) is 0 Å². The standard InChI is InChI=1S/C15H17BrN2S/c1-2-7-17-13-6-8-18-14(10-13)11-19-15-5-3-4-12(16)9-15/h3-6,8-10H,2,7,11H2,1H3,(H,17,18). The molecule has 0 saturated carbocycles. The van der Waals surface area contributed by atoms with Gasteiger partial charge in [-0.3, -0.25) is 4.98 Å². The van der Waals surface area contributed by atoms with Crippen LogP contribution in [0.25, 0.3) is 0 Å². The van der Waals surface area contributed by atoms with E-state index in [-0.39, 0.29) is 0 Å². The fourth-order valence-electron chi connectivity index (χ4n) is 1.65. The summed E-state index contributed by atoms with van der Waals surface area (Å²) in [5.41, 5.74) is 2.26. The number of aromatic nitrogens is 1. The van der Waals surface area contributed by atoms with Gasteiger partial charge in [-0.05, 0) is 36.8 Å². The lowest BCUT2D eigenvalue weighted by Crippen LogP contribution is -2.00. The molecule has 0 aliphatic carbocycles. The van der Waals surface area contributed by atoms with Gasteiger partial charge in [-0.25, -0.2) is 0 Å². The molecule has 0 aliphatic heterocycles. The van der Waals surface area contributed by atoms with Gasteiger partial charge in [-0.2, -0.15) is 0 Å². The third-order valence-corrected chi connectivity index (χ3v) is 4.10. The Kier molecular flexibility index (Phi) is 5.73. The zero-order valence-corrected chi connectivity index (χ0v) is 13.3. The van der Waals surface area contributed by atoms with Crippen LogP contribution in [0.1, 0.15) is 19.0 Å². The van der Waals surface area contributed by atoms with Crippen molar-refractivity contribution in [1.29, 1.82) is 0 Å². The van der Waals surface area contributed by atoms with Crippen molar-refractivity contribution in [3.8, 4) is 0 Å². The summed E-state index contributed by atoms with van der Waals surface area (Å²) in [5.74, 6) is 0.887. The topological polar surface area (TPSA) is 24.9 Å². The third-order valence-electron chi connectivity index (χ3n) is 2.58. The number of benzene rings is 1. The summed E-state index contributed by atoms with van der Waals surface area (Å²) < 4.78 is 1.11. The van der Waals surface area contributed by atoms with Gasteiger partial charge in [-0.1, -0.05) is 28.9 Å². The molecule has 4 heteroatoms. The zero-order chi connectivity index (χ0) is 13.5. The molecule has 0 fully saturated rings. The Labute approximate surface area is 127 Å². The number of nitrogens with one attached hydrogen (secondary N) is 1. The molecular weight excluding hydrogens is 320 g/mol. The molecule has 1 heterocycles. The minimum absolute atomic E-state index is 0.887. The highest BCUT2D eigenvalue weighted by atomic mass is 79.9. The average molecular weight is 337 g/mol. The van der Waals surface area contributed by atoms with Crippen LogP contribution in [0.2, 0.25) is 0 Å². The summed E-state index contributed by atoms with van der Waals surface area (Å²) in [7, 11) is 0. The number of hydrogen-bond donors (Lipinski definition) is 1. The number of pyridine rings is 1. The molecule has 19 heavy (non-hydrogen) atoms. The molecule has 0 radical (unpaired) electrons. The predicted octanol–water partition coefficient (Wildman–Crippen LogP) is 4.96. The number of halogens is 1. The van der Waals surface area contributed by atoms with Crippen LogP contribution < -0.4 is 5.32 Å². The lowest BCUT2D eigenvalue weighted by atomic mass is 10.3. The first-order chi connectivity index (χ1) is 9.28. The van der Waals surface area contributed by atoms with Crippen LogP contribution in [-0.4, -0.2) is 11.5 Å². The van der Waals surface area contributed by atoms with Crippen molar-refractivity contribution in [3.05, 3.63) is 52.8 Å². The van der Waals surface area contributed by atoms with Gasteiger partial charge in [0.15, 0.2) is 0 Å². The molecule has 0 unspecified atom stereocenters. The van der Waals surface area contributed by atoms with Gasteiger partial charge in [0.25, 0.3) is 0 Å². The number of nitrogens with zero attached hydrogens (tertiary/aromatic N) is 1. The van der Waals surface area contributed by atoms with E-state index in [9.17, 15) is 0 Å². The summed E-state index contributed by atoms with van der Waals surface area (Å²) in [5, 5.41) is 3.39. The van der Waals surface area contributed by atoms with Gasteiger partial charge in [-0.15, -0.1) is 11.8 Å². The van der Waals surface area contributed by atoms with E-state index in [1.807, 2.05) is 18.3 Å². The van der Waals surface area contributed by atoms with Crippen LogP contribution >= 0.6 is 27.7 Å². The number of hydrogen-bond acceptors (Lipinski definition) is 3. The molecule has 0 atom stereocenters. The molecular formula is C15H17BrN2S. The van der Waals surface area contributed by atoms with Crippen LogP contribution in [0.3, 0.4) is 0 Å². The Morgan fingerprint density at radius 1 is 1.26 bits per heavy atom. The smallest absolute Gasteiger partial charge is 0.0526 e. The van der Waals surface area contributed by atoms with Gasteiger partial charge >= 0.3 is 0 Å². The van der Waals surface area contributed by atoms with Crippen molar-refractivity contribution >= 4 is 33.4 Å². The minimum Gasteiger partial charge on any atom is -0.385 e. The van der Waals surface area contributed by atoms with E-state index in [1.54, 1.807) is 11.8 Å². The van der Waals surface area contributed by atoms with Crippen LogP contribution in [0.5, 0.6) is 0 Å². The first-order valence-corrected chi connectivity index (χ1v) is 8.13. The Hall–Kier alpha value is -1.00. The van der Waals surface area contributed by atoms with Gasteiger partial charge in [0.1, 0.15) is 0 Å². The summed E-state index contributed by atoms with van der Waals surface area (Å²) in [6.07, 6.45) is 3.00. The maximum atomic E-state index is 4.41. The second kappa shape index (κ2) is 7.56. The van der Waals surface area contributed by atoms with E-state index >= 15 is 0 Å². The van der Waals surface area contributed by atoms with Crippen LogP contribution in [0.4, 0.5) is 5.69 Å². The van der Waals surface area contributed by atoms with E-state index in [4.69, 9.17) is 0 Å². The molecule has 1 aromatic heterocycles. The lowest BCUT2D eigenvalue weighted by Gasteiger charge is -2.07. The van der Waals surface area contributed by atoms with E-state index in [0.29, 0.717) is 0 Å². The predicted molar refractivity (Wildman–Crippen MR) is 86.7 cm³/mol. The highest BCUT2D eigenvalue weighted by molar-refractivity contribution is 9.10. The van der Waals surface area contributed by atoms with Gasteiger partial charge < -0.3 is 5.32 Å². The van der Waals surface area contributed by atoms with E-state index in [0.717, 1.165) is 34.6 Å². The lowest BCUT2D eigenvalue weighted by molar-refractivity contribution is 0.977. The molecule has 2 rings (SSSR count). The Bertz CT molecular complexity index is 531. The molecule has 0 bridgehead atoms. The van der Waals surface area contributed by atoms with Crippen molar-refractivity contribution in [2.75, 3.05) is 11.9 Å². The highest BCUT2D eigenvalue weighted by Crippen LogP contribution is 2.25. The highest BCUT2D eigenvalue weighted by Gasteiger charge is 2.00. The van der Waals surface area contributed by atoms with E-state index in [2.05, 4.69) is 57.4 Å². The molecule has 0 aliphatic rings. The number of thioether (sulfide) groups is 1. The van der Waals surface area contributed by atoms with Crippen LogP contribution in [0.15, 0.2) is 52.0 Å². The van der Waals surface area contributed by atoms with Crippen LogP contribution in [0, 0.1) is 0 Å². The summed E-state index contributed by atoms with van der Waals surface area (Å²) in [6.45, 7) is 3.17. The Morgan fingerprint density at radius 2 is 2.16 bits per heavy atom. The number of rotatable bonds is 6. The van der Waals surface area contributed by atoms with Crippen molar-refractivity contribution in [1.82, 2.24) is 4.98 Å². The summed E-state index contributed by atoms with van der Waals surface area (Å²) >= 11 is 5.29. The third kappa shape index (κ3) is 4.88. The quantitative estimate of drug-likeness (QED) is 0.754. The average Bonchev–Trinajstić information content (AvgIpc) is 2.43. The van der Waals surface area contributed by atoms with E-state index in [1.165, 1.54) is 4.90 Å². The fourth-order valence-corrected chi connectivity index (χ4v) is 3.06. The van der Waals surface area contributed by atoms with Gasteiger partial charge in [0, 0.05) is 33.6 Å². The van der Waals surface area contributed by atoms with E-state index < -0.39 is 0 Å².